The Kier molecular flexibility index (Phi) is 4.68. The summed E-state index contributed by atoms with van der Waals surface area (Å²) in [5.74, 6) is -1.64. The van der Waals surface area contributed by atoms with Crippen LogP contribution in [0.2, 0.25) is 0 Å². The highest BCUT2D eigenvalue weighted by Gasteiger charge is 2.39. The summed E-state index contributed by atoms with van der Waals surface area (Å²) in [5.41, 5.74) is 0.870. The molecule has 1 aromatic heterocycles. The molecule has 1 fully saturated rings. The Morgan fingerprint density at radius 1 is 1.40 bits per heavy atom. The molecular formula is C14H18N2O4. The highest BCUT2D eigenvalue weighted by Crippen LogP contribution is 2.21. The van der Waals surface area contributed by atoms with Gasteiger partial charge in [0.05, 0.1) is 25.7 Å². The minimum absolute atomic E-state index is 0.0829. The quantitative estimate of drug-likeness (QED) is 0.852. The van der Waals surface area contributed by atoms with Gasteiger partial charge in [0.1, 0.15) is 5.92 Å². The smallest absolute Gasteiger partial charge is 0.311 e. The molecule has 0 saturated carbocycles. The zero-order valence-corrected chi connectivity index (χ0v) is 11.4. The van der Waals surface area contributed by atoms with E-state index in [1.54, 1.807) is 29.4 Å². The first-order valence-electron chi connectivity index (χ1n) is 6.62. The number of ether oxygens (including phenoxy) is 1. The Morgan fingerprint density at radius 2 is 2.10 bits per heavy atom. The Morgan fingerprint density at radius 3 is 2.70 bits per heavy atom. The number of hydrogen-bond acceptors (Lipinski definition) is 4. The summed E-state index contributed by atoms with van der Waals surface area (Å²) < 4.78 is 5.23. The topological polar surface area (TPSA) is 79.7 Å². The van der Waals surface area contributed by atoms with E-state index in [1.165, 1.54) is 0 Å². The molecule has 6 heteroatoms. The second kappa shape index (κ2) is 6.47. The summed E-state index contributed by atoms with van der Waals surface area (Å²) in [6.07, 6.45) is 3.52. The van der Waals surface area contributed by atoms with E-state index in [0.29, 0.717) is 6.54 Å². The van der Waals surface area contributed by atoms with Gasteiger partial charge < -0.3 is 14.7 Å². The normalized spacial score (nSPS) is 21.6. The fourth-order valence-corrected chi connectivity index (χ4v) is 2.46. The van der Waals surface area contributed by atoms with Crippen LogP contribution in [0, 0.1) is 5.92 Å². The molecule has 2 heterocycles. The summed E-state index contributed by atoms with van der Waals surface area (Å²) in [5, 5.41) is 9.17. The maximum Gasteiger partial charge on any atom is 0.311 e. The average Bonchev–Trinajstić information content (AvgIpc) is 2.90. The number of carbonyl (C=O) groups excluding carboxylic acids is 1. The molecule has 1 aliphatic rings. The van der Waals surface area contributed by atoms with Crippen molar-refractivity contribution in [3.63, 3.8) is 0 Å². The molecular weight excluding hydrogens is 260 g/mol. The van der Waals surface area contributed by atoms with Crippen LogP contribution in [-0.2, 0) is 20.7 Å². The molecule has 0 spiro atoms. The van der Waals surface area contributed by atoms with E-state index in [2.05, 4.69) is 4.98 Å². The summed E-state index contributed by atoms with van der Waals surface area (Å²) in [4.78, 5) is 29.1. The number of carbonyl (C=O) groups is 2. The Balaban J connectivity index is 2.07. The Bertz CT molecular complexity index is 477. The predicted octanol–water partition coefficient (Wildman–Crippen LogP) is 0.572. The third-order valence-electron chi connectivity index (χ3n) is 3.53. The van der Waals surface area contributed by atoms with Gasteiger partial charge in [0, 0.05) is 18.9 Å². The van der Waals surface area contributed by atoms with Gasteiger partial charge in [-0.15, -0.1) is 0 Å². The number of carboxylic acids is 1. The minimum atomic E-state index is -0.914. The fourth-order valence-electron chi connectivity index (χ4n) is 2.46. The molecule has 1 aliphatic heterocycles. The number of aromatic nitrogens is 1. The zero-order valence-electron chi connectivity index (χ0n) is 11.4. The van der Waals surface area contributed by atoms with Crippen molar-refractivity contribution in [2.24, 2.45) is 5.92 Å². The van der Waals surface area contributed by atoms with Crippen molar-refractivity contribution in [3.05, 3.63) is 30.1 Å². The van der Waals surface area contributed by atoms with Crippen LogP contribution in [0.1, 0.15) is 12.5 Å². The lowest BCUT2D eigenvalue weighted by Crippen LogP contribution is -2.47. The van der Waals surface area contributed by atoms with Gasteiger partial charge in [-0.05, 0) is 24.6 Å². The second-order valence-corrected chi connectivity index (χ2v) is 4.76. The molecule has 0 bridgehead atoms. The highest BCUT2D eigenvalue weighted by atomic mass is 16.5. The van der Waals surface area contributed by atoms with Gasteiger partial charge in [0.25, 0.3) is 0 Å². The third kappa shape index (κ3) is 3.14. The lowest BCUT2D eigenvalue weighted by atomic mass is 10.0. The van der Waals surface area contributed by atoms with E-state index in [1.807, 2.05) is 6.92 Å². The molecule has 2 rings (SSSR count). The first-order valence-corrected chi connectivity index (χ1v) is 6.62. The van der Waals surface area contributed by atoms with Crippen molar-refractivity contribution in [1.29, 1.82) is 0 Å². The number of carboxylic acid groups (broad SMARTS) is 1. The predicted molar refractivity (Wildman–Crippen MR) is 71.1 cm³/mol. The van der Waals surface area contributed by atoms with E-state index in [9.17, 15) is 14.7 Å². The van der Waals surface area contributed by atoms with Crippen LogP contribution in [-0.4, -0.2) is 52.7 Å². The highest BCUT2D eigenvalue weighted by molar-refractivity contribution is 5.80. The molecule has 0 aromatic carbocycles. The molecule has 6 nitrogen and oxygen atoms in total. The molecule has 0 radical (unpaired) electrons. The molecule has 2 unspecified atom stereocenters. The van der Waals surface area contributed by atoms with Crippen molar-refractivity contribution in [2.75, 3.05) is 19.8 Å². The van der Waals surface area contributed by atoms with Gasteiger partial charge >= 0.3 is 5.97 Å². The van der Waals surface area contributed by atoms with Crippen LogP contribution in [0.5, 0.6) is 0 Å². The number of rotatable bonds is 5. The van der Waals surface area contributed by atoms with Crippen molar-refractivity contribution in [1.82, 2.24) is 9.88 Å². The maximum atomic E-state index is 12.4. The molecule has 1 aromatic rings. The monoisotopic (exact) mass is 278 g/mol. The molecule has 1 N–H and O–H groups in total. The Hall–Kier alpha value is -1.95. The van der Waals surface area contributed by atoms with Crippen molar-refractivity contribution >= 4 is 11.9 Å². The zero-order chi connectivity index (χ0) is 14.5. The van der Waals surface area contributed by atoms with E-state index >= 15 is 0 Å². The first kappa shape index (κ1) is 14.5. The van der Waals surface area contributed by atoms with Crippen molar-refractivity contribution < 1.29 is 19.4 Å². The Labute approximate surface area is 117 Å². The summed E-state index contributed by atoms with van der Waals surface area (Å²) in [7, 11) is 0. The van der Waals surface area contributed by atoms with Crippen LogP contribution in [0.3, 0.4) is 0 Å². The summed E-state index contributed by atoms with van der Waals surface area (Å²) in [6.45, 7) is 2.77. The van der Waals surface area contributed by atoms with E-state index < -0.39 is 11.9 Å². The van der Waals surface area contributed by atoms with E-state index in [0.717, 1.165) is 5.56 Å². The first-order chi connectivity index (χ1) is 9.63. The SMILES string of the molecule is CCN(C(=O)Cc1ccncc1)C1COCC1C(=O)O. The molecule has 2 atom stereocenters. The lowest BCUT2D eigenvalue weighted by Gasteiger charge is -2.29. The number of hydrogen-bond donors (Lipinski definition) is 1. The number of pyridine rings is 1. The van der Waals surface area contributed by atoms with Gasteiger partial charge in [-0.1, -0.05) is 0 Å². The maximum absolute atomic E-state index is 12.4. The molecule has 108 valence electrons. The van der Waals surface area contributed by atoms with Crippen molar-refractivity contribution in [3.8, 4) is 0 Å². The van der Waals surface area contributed by atoms with Gasteiger partial charge in [0.2, 0.25) is 5.91 Å². The number of likely N-dealkylation sites (N-methyl/N-ethyl adjacent to an activating group) is 1. The molecule has 1 saturated heterocycles. The average molecular weight is 278 g/mol. The molecule has 1 amide bonds. The second-order valence-electron chi connectivity index (χ2n) is 4.76. The molecule has 0 aliphatic carbocycles. The number of nitrogens with zero attached hydrogens (tertiary/aromatic N) is 2. The minimum Gasteiger partial charge on any atom is -0.481 e. The van der Waals surface area contributed by atoms with Crippen LogP contribution >= 0.6 is 0 Å². The number of aliphatic carboxylic acids is 1. The lowest BCUT2D eigenvalue weighted by molar-refractivity contribution is -0.144. The van der Waals surface area contributed by atoms with E-state index in [-0.39, 0.29) is 31.6 Å². The summed E-state index contributed by atoms with van der Waals surface area (Å²) in [6, 6.07) is 3.18. The van der Waals surface area contributed by atoms with Gasteiger partial charge in [0.15, 0.2) is 0 Å². The largest absolute Gasteiger partial charge is 0.481 e. The van der Waals surface area contributed by atoms with Gasteiger partial charge in [-0.25, -0.2) is 0 Å². The van der Waals surface area contributed by atoms with Crippen LogP contribution in [0.4, 0.5) is 0 Å². The van der Waals surface area contributed by atoms with Crippen LogP contribution in [0.25, 0.3) is 0 Å². The standard InChI is InChI=1S/C14H18N2O4/c1-2-16(12-9-20-8-11(12)14(18)19)13(17)7-10-3-5-15-6-4-10/h3-6,11-12H,2,7-9H2,1H3,(H,18,19). The van der Waals surface area contributed by atoms with Crippen LogP contribution in [0.15, 0.2) is 24.5 Å². The van der Waals surface area contributed by atoms with Gasteiger partial charge in [-0.2, -0.15) is 0 Å². The molecule has 20 heavy (non-hydrogen) atoms. The van der Waals surface area contributed by atoms with E-state index in [4.69, 9.17) is 4.74 Å². The number of amides is 1. The van der Waals surface area contributed by atoms with Crippen LogP contribution < -0.4 is 0 Å². The van der Waals surface area contributed by atoms with Gasteiger partial charge in [-0.3, -0.25) is 14.6 Å². The third-order valence-corrected chi connectivity index (χ3v) is 3.53. The van der Waals surface area contributed by atoms with Crippen molar-refractivity contribution in [2.45, 2.75) is 19.4 Å². The fraction of sp³-hybridized carbons (Fsp3) is 0.500. The summed E-state index contributed by atoms with van der Waals surface area (Å²) >= 11 is 0.